The van der Waals surface area contributed by atoms with Gasteiger partial charge in [-0.25, -0.2) is 0 Å². The second-order valence-electron chi connectivity index (χ2n) is 5.08. The van der Waals surface area contributed by atoms with Gasteiger partial charge in [0.2, 0.25) is 0 Å². The van der Waals surface area contributed by atoms with Gasteiger partial charge in [0.15, 0.2) is 10.9 Å². The zero-order valence-corrected chi connectivity index (χ0v) is 15.7. The Morgan fingerprint density at radius 1 is 1.29 bits per heavy atom. The largest absolute Gasteiger partial charge is 0.382 e. The molecule has 130 valence electrons. The molecule has 0 atom stereocenters. The molecule has 0 saturated heterocycles. The number of nitrogens with one attached hydrogen (secondary N) is 2. The monoisotopic (exact) mass is 386 g/mol. The molecule has 1 heterocycles. The van der Waals surface area contributed by atoms with Gasteiger partial charge < -0.3 is 15.4 Å². The second-order valence-corrected chi connectivity index (χ2v) is 6.33. The Morgan fingerprint density at radius 3 is 2.75 bits per heavy atom. The summed E-state index contributed by atoms with van der Waals surface area (Å²) in [6.45, 7) is 4.75. The van der Waals surface area contributed by atoms with Crippen molar-refractivity contribution in [2.24, 2.45) is 0 Å². The molecule has 2 N–H and O–H groups in total. The van der Waals surface area contributed by atoms with Crippen molar-refractivity contribution in [3.05, 3.63) is 46.1 Å². The molecule has 0 spiro atoms. The molecule has 0 saturated carbocycles. The number of ether oxygens (including phenoxy) is 1. The van der Waals surface area contributed by atoms with E-state index in [4.69, 9.17) is 40.2 Å². The normalized spacial score (nSPS) is 10.6. The van der Waals surface area contributed by atoms with Crippen molar-refractivity contribution in [2.45, 2.75) is 19.9 Å². The second kappa shape index (κ2) is 9.84. The van der Waals surface area contributed by atoms with Gasteiger partial charge in [0.1, 0.15) is 5.02 Å². The van der Waals surface area contributed by atoms with Gasteiger partial charge in [0, 0.05) is 31.0 Å². The van der Waals surface area contributed by atoms with Gasteiger partial charge in [0.25, 0.3) is 0 Å². The lowest BCUT2D eigenvalue weighted by atomic mass is 10.2. The minimum absolute atomic E-state index is 0.491. The highest BCUT2D eigenvalue weighted by Crippen LogP contribution is 2.20. The fourth-order valence-corrected chi connectivity index (χ4v) is 2.53. The van der Waals surface area contributed by atoms with Crippen molar-refractivity contribution < 1.29 is 4.74 Å². The van der Waals surface area contributed by atoms with Crippen LogP contribution in [0.4, 0.5) is 5.82 Å². The van der Waals surface area contributed by atoms with Crippen LogP contribution in [0.5, 0.6) is 0 Å². The highest BCUT2D eigenvalue weighted by molar-refractivity contribution is 7.80. The first-order valence-electron chi connectivity index (χ1n) is 7.68. The first-order valence-corrected chi connectivity index (χ1v) is 8.85. The Morgan fingerprint density at radius 2 is 2.04 bits per heavy atom. The van der Waals surface area contributed by atoms with Crippen LogP contribution in [-0.2, 0) is 11.3 Å². The summed E-state index contributed by atoms with van der Waals surface area (Å²) < 4.78 is 7.03. The third-order valence-electron chi connectivity index (χ3n) is 3.16. The maximum Gasteiger partial charge on any atom is 0.173 e. The number of aromatic nitrogens is 2. The number of anilines is 1. The van der Waals surface area contributed by atoms with Gasteiger partial charge in [0.05, 0.1) is 6.54 Å². The van der Waals surface area contributed by atoms with E-state index in [0.29, 0.717) is 34.1 Å². The number of benzene rings is 1. The van der Waals surface area contributed by atoms with Crippen LogP contribution in [0.3, 0.4) is 0 Å². The van der Waals surface area contributed by atoms with Gasteiger partial charge in [-0.2, -0.15) is 5.10 Å². The van der Waals surface area contributed by atoms with Crippen LogP contribution in [0.1, 0.15) is 18.9 Å². The quantitative estimate of drug-likeness (QED) is 0.531. The molecule has 0 aliphatic heterocycles. The van der Waals surface area contributed by atoms with Gasteiger partial charge in [-0.3, -0.25) is 4.68 Å². The highest BCUT2D eigenvalue weighted by atomic mass is 35.5. The van der Waals surface area contributed by atoms with E-state index >= 15 is 0 Å². The van der Waals surface area contributed by atoms with Crippen LogP contribution in [0.2, 0.25) is 10.0 Å². The van der Waals surface area contributed by atoms with Gasteiger partial charge in [-0.1, -0.05) is 35.3 Å². The zero-order valence-electron chi connectivity index (χ0n) is 13.4. The Bertz CT molecular complexity index is 661. The minimum atomic E-state index is 0.491. The number of thiocarbonyl (C=S) groups is 1. The zero-order chi connectivity index (χ0) is 17.4. The van der Waals surface area contributed by atoms with Crippen LogP contribution in [0.25, 0.3) is 0 Å². The standard InChI is InChI=1S/C16H20Cl2N4OS/c1-2-23-9-3-8-19-16(24)20-15-14(18)11-22(21-15)10-12-4-6-13(17)7-5-12/h4-7,11H,2-3,8-10H2,1H3,(H2,19,20,21,24). The molecule has 5 nitrogen and oxygen atoms in total. The lowest BCUT2D eigenvalue weighted by Gasteiger charge is -2.08. The van der Waals surface area contributed by atoms with Gasteiger partial charge in [-0.15, -0.1) is 0 Å². The lowest BCUT2D eigenvalue weighted by Crippen LogP contribution is -2.30. The van der Waals surface area contributed by atoms with Crippen molar-refractivity contribution in [1.82, 2.24) is 15.1 Å². The summed E-state index contributed by atoms with van der Waals surface area (Å²) in [5.74, 6) is 0.535. The fourth-order valence-electron chi connectivity index (χ4n) is 2.01. The summed E-state index contributed by atoms with van der Waals surface area (Å²) in [7, 11) is 0. The third kappa shape index (κ3) is 6.28. The van der Waals surface area contributed by atoms with Gasteiger partial charge >= 0.3 is 0 Å². The molecule has 8 heteroatoms. The van der Waals surface area contributed by atoms with Crippen molar-refractivity contribution in [2.75, 3.05) is 25.1 Å². The molecule has 0 unspecified atom stereocenters. The Balaban J connectivity index is 1.84. The molecular weight excluding hydrogens is 367 g/mol. The van der Waals surface area contributed by atoms with Crippen molar-refractivity contribution >= 4 is 46.4 Å². The molecule has 0 fully saturated rings. The summed E-state index contributed by atoms with van der Waals surface area (Å²) in [6, 6.07) is 7.61. The maximum absolute atomic E-state index is 6.21. The minimum Gasteiger partial charge on any atom is -0.382 e. The maximum atomic E-state index is 6.21. The first-order chi connectivity index (χ1) is 11.6. The van der Waals surface area contributed by atoms with E-state index in [1.807, 2.05) is 31.2 Å². The predicted octanol–water partition coefficient (Wildman–Crippen LogP) is 3.95. The molecule has 1 aromatic heterocycles. The molecular formula is C16H20Cl2N4OS. The molecule has 1 aromatic carbocycles. The van der Waals surface area contributed by atoms with E-state index < -0.39 is 0 Å². The predicted molar refractivity (Wildman–Crippen MR) is 103 cm³/mol. The smallest absolute Gasteiger partial charge is 0.173 e. The number of rotatable bonds is 8. The summed E-state index contributed by atoms with van der Waals surface area (Å²) in [6.07, 6.45) is 2.64. The van der Waals surface area contributed by atoms with Crippen LogP contribution in [0, 0.1) is 0 Å². The van der Waals surface area contributed by atoms with Crippen LogP contribution in [-0.4, -0.2) is 34.7 Å². The molecule has 24 heavy (non-hydrogen) atoms. The summed E-state index contributed by atoms with van der Waals surface area (Å²) in [5, 5.41) is 12.2. The molecule has 2 aromatic rings. The lowest BCUT2D eigenvalue weighted by molar-refractivity contribution is 0.146. The summed E-state index contributed by atoms with van der Waals surface area (Å²) in [5.41, 5.74) is 1.08. The van der Waals surface area contributed by atoms with Gasteiger partial charge in [-0.05, 0) is 43.3 Å². The SMILES string of the molecule is CCOCCCNC(=S)Nc1nn(Cc2ccc(Cl)cc2)cc1Cl. The van der Waals surface area contributed by atoms with E-state index in [-0.39, 0.29) is 0 Å². The van der Waals surface area contributed by atoms with Crippen LogP contribution >= 0.6 is 35.4 Å². The first kappa shape index (κ1) is 19.0. The van der Waals surface area contributed by atoms with E-state index in [1.165, 1.54) is 0 Å². The average Bonchev–Trinajstić information content (AvgIpc) is 2.89. The van der Waals surface area contributed by atoms with Crippen molar-refractivity contribution in [3.63, 3.8) is 0 Å². The molecule has 0 radical (unpaired) electrons. The highest BCUT2D eigenvalue weighted by Gasteiger charge is 2.09. The van der Waals surface area contributed by atoms with Crippen LogP contribution in [0.15, 0.2) is 30.5 Å². The van der Waals surface area contributed by atoms with Crippen molar-refractivity contribution in [3.8, 4) is 0 Å². The molecule has 0 bridgehead atoms. The molecule has 2 rings (SSSR count). The third-order valence-corrected chi connectivity index (χ3v) is 3.94. The Kier molecular flexibility index (Phi) is 7.78. The fraction of sp³-hybridized carbons (Fsp3) is 0.375. The van der Waals surface area contributed by atoms with E-state index in [0.717, 1.165) is 25.1 Å². The van der Waals surface area contributed by atoms with E-state index in [1.54, 1.807) is 10.9 Å². The number of hydrogen-bond donors (Lipinski definition) is 2. The molecule has 0 aliphatic carbocycles. The number of nitrogens with zero attached hydrogens (tertiary/aromatic N) is 2. The Hall–Kier alpha value is -1.34. The Labute approximate surface area is 157 Å². The summed E-state index contributed by atoms with van der Waals surface area (Å²) >= 11 is 17.3. The number of halogens is 2. The number of hydrogen-bond acceptors (Lipinski definition) is 3. The van der Waals surface area contributed by atoms with Crippen LogP contribution < -0.4 is 10.6 Å². The average molecular weight is 387 g/mol. The van der Waals surface area contributed by atoms with E-state index in [2.05, 4.69) is 15.7 Å². The molecule has 0 amide bonds. The summed E-state index contributed by atoms with van der Waals surface area (Å²) in [4.78, 5) is 0. The molecule has 0 aliphatic rings. The van der Waals surface area contributed by atoms with E-state index in [9.17, 15) is 0 Å². The topological polar surface area (TPSA) is 51.1 Å². The van der Waals surface area contributed by atoms with Crippen molar-refractivity contribution in [1.29, 1.82) is 0 Å².